The van der Waals surface area contributed by atoms with E-state index in [1.807, 2.05) is 84.7 Å². The zero-order valence-electron chi connectivity index (χ0n) is 22.1. The van der Waals surface area contributed by atoms with E-state index in [1.165, 1.54) is 11.7 Å². The van der Waals surface area contributed by atoms with E-state index in [0.717, 1.165) is 16.7 Å². The number of carbonyl (C=O) groups is 1. The summed E-state index contributed by atoms with van der Waals surface area (Å²) in [6, 6.07) is 22.9. The average molecular weight is 522 g/mol. The van der Waals surface area contributed by atoms with E-state index in [1.54, 1.807) is 19.0 Å². The predicted octanol–water partition coefficient (Wildman–Crippen LogP) is 4.41. The number of rotatable bonds is 6. The highest BCUT2D eigenvalue weighted by Gasteiger charge is 2.30. The highest BCUT2D eigenvalue weighted by atomic mass is 16.5. The number of ether oxygens (including phenoxy) is 1. The summed E-state index contributed by atoms with van der Waals surface area (Å²) in [5, 5.41) is 0. The van der Waals surface area contributed by atoms with Gasteiger partial charge in [-0.2, -0.15) is 0 Å². The van der Waals surface area contributed by atoms with Crippen LogP contribution in [0.1, 0.15) is 33.1 Å². The molecule has 0 radical (unpaired) electrons. The Labute approximate surface area is 224 Å². The summed E-state index contributed by atoms with van der Waals surface area (Å²) in [7, 11) is 6.76. The lowest BCUT2D eigenvalue weighted by Gasteiger charge is -2.31. The fourth-order valence-electron chi connectivity index (χ4n) is 5.21. The van der Waals surface area contributed by atoms with Crippen molar-refractivity contribution in [1.82, 2.24) is 19.4 Å². The summed E-state index contributed by atoms with van der Waals surface area (Å²) in [5.41, 5.74) is 4.65. The van der Waals surface area contributed by atoms with Crippen molar-refractivity contribution in [3.8, 4) is 17.3 Å². The molecule has 1 aliphatic heterocycles. The molecule has 39 heavy (non-hydrogen) atoms. The zero-order chi connectivity index (χ0) is 27.3. The number of fused-ring (bicyclic) bond motifs is 2. The van der Waals surface area contributed by atoms with Gasteiger partial charge in [0.1, 0.15) is 5.52 Å². The summed E-state index contributed by atoms with van der Waals surface area (Å²) in [6.07, 6.45) is 0. The van der Waals surface area contributed by atoms with Crippen molar-refractivity contribution in [2.24, 2.45) is 7.05 Å². The van der Waals surface area contributed by atoms with Gasteiger partial charge in [-0.1, -0.05) is 54.6 Å². The fraction of sp³-hybridized carbons (Fsp3) is 0.200. The maximum absolute atomic E-state index is 13.5. The van der Waals surface area contributed by atoms with Crippen molar-refractivity contribution < 1.29 is 13.9 Å². The zero-order valence-corrected chi connectivity index (χ0v) is 22.1. The van der Waals surface area contributed by atoms with Crippen LogP contribution in [0.4, 0.5) is 5.95 Å². The number of hydrogen-bond donors (Lipinski definition) is 0. The van der Waals surface area contributed by atoms with Crippen molar-refractivity contribution in [3.63, 3.8) is 0 Å². The van der Waals surface area contributed by atoms with Crippen molar-refractivity contribution in [2.75, 3.05) is 26.1 Å². The maximum atomic E-state index is 13.5. The second kappa shape index (κ2) is 9.43. The van der Waals surface area contributed by atoms with Gasteiger partial charge in [0.05, 0.1) is 13.2 Å². The number of amides is 1. The summed E-state index contributed by atoms with van der Waals surface area (Å²) >= 11 is 0. The molecule has 0 saturated carbocycles. The molecule has 196 valence electrons. The van der Waals surface area contributed by atoms with Crippen LogP contribution in [0.15, 0.2) is 82.0 Å². The minimum absolute atomic E-state index is 0.00506. The number of benzene rings is 3. The lowest BCUT2D eigenvalue weighted by Crippen LogP contribution is -2.33. The molecule has 6 rings (SSSR count). The molecule has 1 amide bonds. The van der Waals surface area contributed by atoms with Crippen LogP contribution < -0.4 is 15.2 Å². The van der Waals surface area contributed by atoms with E-state index < -0.39 is 0 Å². The second-order valence-electron chi connectivity index (χ2n) is 9.65. The van der Waals surface area contributed by atoms with Crippen molar-refractivity contribution >= 4 is 23.0 Å². The second-order valence-corrected chi connectivity index (χ2v) is 9.65. The molecule has 2 aromatic heterocycles. The predicted molar refractivity (Wildman–Crippen MR) is 148 cm³/mol. The van der Waals surface area contributed by atoms with Crippen LogP contribution >= 0.6 is 0 Å². The molecule has 0 saturated heterocycles. The standard InChI is InChI=1S/C30H27N5O4/c1-33-17-20-15-14-19(16-21(20)28(33)36)25(18-10-6-5-7-11-18)34(2)30-32-24(26(38-4)29(37)35(30)3)27-31-22-12-8-9-13-23(22)39-27/h5-16,25H,17H2,1-4H3/t25-/m1/s1. The van der Waals surface area contributed by atoms with Crippen molar-refractivity contribution in [3.05, 3.63) is 105 Å². The SMILES string of the molecule is COc1c(-c2nc3ccccc3o2)nc(N(C)[C@H](c2ccccc2)c2ccc3c(c2)C(=O)N(C)C3)n(C)c1=O. The summed E-state index contributed by atoms with van der Waals surface area (Å²) in [5.74, 6) is 0.622. The first kappa shape index (κ1) is 24.4. The molecule has 9 nitrogen and oxygen atoms in total. The molecule has 3 heterocycles. The average Bonchev–Trinajstić information content (AvgIpc) is 3.51. The summed E-state index contributed by atoms with van der Waals surface area (Å²) in [4.78, 5) is 39.4. The first-order chi connectivity index (χ1) is 18.9. The summed E-state index contributed by atoms with van der Waals surface area (Å²) in [6.45, 7) is 0.586. The first-order valence-electron chi connectivity index (χ1n) is 12.5. The molecule has 3 aromatic carbocycles. The molecule has 0 unspecified atom stereocenters. The Balaban J connectivity index is 1.53. The maximum Gasteiger partial charge on any atom is 0.297 e. The Bertz CT molecular complexity index is 1740. The minimum Gasteiger partial charge on any atom is -0.489 e. The smallest absolute Gasteiger partial charge is 0.297 e. The number of aromatic nitrogens is 3. The molecule has 0 aliphatic carbocycles. The van der Waals surface area contributed by atoms with Gasteiger partial charge in [-0.25, -0.2) is 9.97 Å². The highest BCUT2D eigenvalue weighted by molar-refractivity contribution is 5.98. The normalized spacial score (nSPS) is 13.5. The fourth-order valence-corrected chi connectivity index (χ4v) is 5.21. The van der Waals surface area contributed by atoms with Gasteiger partial charge in [-0.15, -0.1) is 0 Å². The largest absolute Gasteiger partial charge is 0.489 e. The van der Waals surface area contributed by atoms with E-state index in [0.29, 0.717) is 29.2 Å². The Hall–Kier alpha value is -4.92. The van der Waals surface area contributed by atoms with Crippen LogP contribution in [0.5, 0.6) is 5.75 Å². The Morgan fingerprint density at radius 1 is 0.949 bits per heavy atom. The Morgan fingerprint density at radius 3 is 2.44 bits per heavy atom. The van der Waals surface area contributed by atoms with Crippen LogP contribution in [-0.2, 0) is 13.6 Å². The van der Waals surface area contributed by atoms with E-state index in [2.05, 4.69) is 4.98 Å². The first-order valence-corrected chi connectivity index (χ1v) is 12.5. The number of para-hydroxylation sites is 2. The number of hydrogen-bond acceptors (Lipinski definition) is 7. The van der Waals surface area contributed by atoms with Crippen LogP contribution in [0.2, 0.25) is 0 Å². The van der Waals surface area contributed by atoms with Gasteiger partial charge in [-0.3, -0.25) is 14.2 Å². The van der Waals surface area contributed by atoms with E-state index in [9.17, 15) is 9.59 Å². The van der Waals surface area contributed by atoms with Crippen LogP contribution in [0.25, 0.3) is 22.7 Å². The number of nitrogens with zero attached hydrogens (tertiary/aromatic N) is 5. The molecule has 1 aliphatic rings. The molecule has 0 N–H and O–H groups in total. The highest BCUT2D eigenvalue weighted by Crippen LogP contribution is 2.35. The van der Waals surface area contributed by atoms with Gasteiger partial charge in [0.25, 0.3) is 17.4 Å². The number of carbonyl (C=O) groups excluding carboxylic acids is 1. The third kappa shape index (κ3) is 4.03. The Morgan fingerprint density at radius 2 is 1.69 bits per heavy atom. The van der Waals surface area contributed by atoms with E-state index >= 15 is 0 Å². The summed E-state index contributed by atoms with van der Waals surface area (Å²) < 4.78 is 12.9. The van der Waals surface area contributed by atoms with Gasteiger partial charge in [0, 0.05) is 33.3 Å². The van der Waals surface area contributed by atoms with Crippen LogP contribution in [-0.4, -0.2) is 46.5 Å². The third-order valence-electron chi connectivity index (χ3n) is 7.18. The van der Waals surface area contributed by atoms with Gasteiger partial charge < -0.3 is 19.0 Å². The molecule has 9 heteroatoms. The van der Waals surface area contributed by atoms with Crippen LogP contribution in [0, 0.1) is 0 Å². The minimum atomic E-state index is -0.371. The van der Waals surface area contributed by atoms with Gasteiger partial charge in [0.2, 0.25) is 11.7 Å². The monoisotopic (exact) mass is 521 g/mol. The third-order valence-corrected chi connectivity index (χ3v) is 7.18. The molecular formula is C30H27N5O4. The quantitative estimate of drug-likeness (QED) is 0.327. The number of oxazole rings is 1. The molecule has 0 bridgehead atoms. The van der Waals surface area contributed by atoms with Gasteiger partial charge in [-0.05, 0) is 34.9 Å². The Kier molecular flexibility index (Phi) is 5.91. The molecule has 5 aromatic rings. The van der Waals surface area contributed by atoms with E-state index in [-0.39, 0.29) is 34.8 Å². The number of anilines is 1. The van der Waals surface area contributed by atoms with Gasteiger partial charge in [0.15, 0.2) is 11.3 Å². The lowest BCUT2D eigenvalue weighted by atomic mass is 9.94. The van der Waals surface area contributed by atoms with Gasteiger partial charge >= 0.3 is 0 Å². The molecule has 1 atom stereocenters. The molecule has 0 fully saturated rings. The van der Waals surface area contributed by atoms with Crippen molar-refractivity contribution in [1.29, 1.82) is 0 Å². The molecular weight excluding hydrogens is 494 g/mol. The lowest BCUT2D eigenvalue weighted by molar-refractivity contribution is 0.0816. The van der Waals surface area contributed by atoms with Crippen molar-refractivity contribution in [2.45, 2.75) is 12.6 Å². The van der Waals surface area contributed by atoms with Crippen LogP contribution in [0.3, 0.4) is 0 Å². The topological polar surface area (TPSA) is 93.7 Å². The number of methoxy groups -OCH3 is 1. The van der Waals surface area contributed by atoms with E-state index in [4.69, 9.17) is 14.1 Å². The molecule has 0 spiro atoms.